The van der Waals surface area contributed by atoms with E-state index in [2.05, 4.69) is 157 Å². The molecule has 8 rings (SSSR count). The number of nitrogens with zero attached hydrogens (tertiary/aromatic N) is 3. The molecular formula is C37H33N3+2. The van der Waals surface area contributed by atoms with Gasteiger partial charge in [-0.2, -0.15) is 4.57 Å². The van der Waals surface area contributed by atoms with Crippen LogP contribution in [0.4, 0.5) is 0 Å². The van der Waals surface area contributed by atoms with Gasteiger partial charge in [0, 0.05) is 23.3 Å². The number of hydrogen-bond donors (Lipinski definition) is 0. The predicted molar refractivity (Wildman–Crippen MR) is 161 cm³/mol. The molecule has 0 bridgehead atoms. The first-order chi connectivity index (χ1) is 19.5. The normalized spacial score (nSPS) is 16.6. The molecule has 4 aromatic carbocycles. The zero-order valence-electron chi connectivity index (χ0n) is 23.5. The van der Waals surface area contributed by atoms with Crippen LogP contribution in [0, 0.1) is 0 Å². The molecule has 1 atom stereocenters. The number of hydrogen-bond acceptors (Lipinski definition) is 0. The summed E-state index contributed by atoms with van der Waals surface area (Å²) < 4.78 is 7.71. The monoisotopic (exact) mass is 519 g/mol. The van der Waals surface area contributed by atoms with Crippen LogP contribution >= 0.6 is 0 Å². The number of para-hydroxylation sites is 3. The van der Waals surface area contributed by atoms with Crippen LogP contribution in [0.3, 0.4) is 0 Å². The highest BCUT2D eigenvalue weighted by atomic mass is 15.4. The molecule has 0 saturated carbocycles. The molecule has 2 aromatic heterocycles. The highest BCUT2D eigenvalue weighted by Gasteiger charge is 2.65. The quantitative estimate of drug-likeness (QED) is 0.212. The van der Waals surface area contributed by atoms with Gasteiger partial charge >= 0.3 is 11.5 Å². The number of fused-ring (bicyclic) bond motifs is 12. The molecule has 40 heavy (non-hydrogen) atoms. The van der Waals surface area contributed by atoms with Crippen LogP contribution in [-0.2, 0) is 5.66 Å². The summed E-state index contributed by atoms with van der Waals surface area (Å²) in [5, 5.41) is 0. The SMILES string of the molecule is CC(C)c1cccc(C(C)C)c1-n1c2[n+](c3ccccc31)C1(c3ccccc3-c3cccc[n+]31)c1ccccc1-2. The van der Waals surface area contributed by atoms with Crippen molar-refractivity contribution in [1.82, 2.24) is 4.57 Å². The molecule has 1 unspecified atom stereocenters. The van der Waals surface area contributed by atoms with Gasteiger partial charge in [0.1, 0.15) is 5.69 Å². The van der Waals surface area contributed by atoms with Gasteiger partial charge < -0.3 is 0 Å². The molecule has 0 fully saturated rings. The fraction of sp³-hybridized carbons (Fsp3) is 0.189. The van der Waals surface area contributed by atoms with E-state index in [4.69, 9.17) is 0 Å². The molecule has 0 N–H and O–H groups in total. The topological polar surface area (TPSA) is 12.7 Å². The third-order valence-electron chi connectivity index (χ3n) is 9.01. The van der Waals surface area contributed by atoms with E-state index in [0.717, 1.165) is 0 Å². The van der Waals surface area contributed by atoms with E-state index in [1.54, 1.807) is 0 Å². The average Bonchev–Trinajstić information content (AvgIpc) is 3.58. The summed E-state index contributed by atoms with van der Waals surface area (Å²) in [5.41, 5.74) is 12.5. The van der Waals surface area contributed by atoms with Crippen molar-refractivity contribution in [1.29, 1.82) is 0 Å². The van der Waals surface area contributed by atoms with Crippen LogP contribution in [0.1, 0.15) is 61.8 Å². The zero-order valence-corrected chi connectivity index (χ0v) is 23.5. The maximum atomic E-state index is 2.63. The van der Waals surface area contributed by atoms with E-state index in [0.29, 0.717) is 11.8 Å². The van der Waals surface area contributed by atoms with Gasteiger partial charge in [-0.1, -0.05) is 82.3 Å². The van der Waals surface area contributed by atoms with Crippen molar-refractivity contribution in [3.63, 3.8) is 0 Å². The van der Waals surface area contributed by atoms with E-state index in [1.807, 2.05) is 0 Å². The molecule has 2 aliphatic rings. The van der Waals surface area contributed by atoms with E-state index in [9.17, 15) is 0 Å². The minimum Gasteiger partial charge on any atom is -0.187 e. The van der Waals surface area contributed by atoms with Gasteiger partial charge in [-0.25, -0.2) is 0 Å². The molecule has 1 spiro atoms. The van der Waals surface area contributed by atoms with Gasteiger partial charge in [-0.3, -0.25) is 0 Å². The smallest absolute Gasteiger partial charge is 0.187 e. The highest BCUT2D eigenvalue weighted by molar-refractivity contribution is 5.84. The highest BCUT2D eigenvalue weighted by Crippen LogP contribution is 2.49. The van der Waals surface area contributed by atoms with Crippen molar-refractivity contribution in [3.8, 4) is 28.3 Å². The third kappa shape index (κ3) is 2.75. The second-order valence-corrected chi connectivity index (χ2v) is 11.8. The van der Waals surface area contributed by atoms with E-state index in [1.165, 1.54) is 61.6 Å². The van der Waals surface area contributed by atoms with Crippen molar-refractivity contribution in [2.75, 3.05) is 0 Å². The number of rotatable bonds is 3. The molecular weight excluding hydrogens is 486 g/mol. The minimum absolute atomic E-state index is 0.392. The molecule has 0 saturated heterocycles. The number of aromatic nitrogens is 3. The molecule has 4 heterocycles. The number of benzene rings is 4. The van der Waals surface area contributed by atoms with Gasteiger partial charge in [0.15, 0.2) is 17.2 Å². The second-order valence-electron chi connectivity index (χ2n) is 11.8. The van der Waals surface area contributed by atoms with Crippen molar-refractivity contribution in [3.05, 3.63) is 138 Å². The first-order valence-corrected chi connectivity index (χ1v) is 14.4. The van der Waals surface area contributed by atoms with Gasteiger partial charge in [0.05, 0.1) is 22.3 Å². The van der Waals surface area contributed by atoms with Crippen molar-refractivity contribution in [2.24, 2.45) is 0 Å². The van der Waals surface area contributed by atoms with E-state index in [-0.39, 0.29) is 0 Å². The van der Waals surface area contributed by atoms with Crippen molar-refractivity contribution < 1.29 is 9.13 Å². The Balaban J connectivity index is 1.63. The summed E-state index contributed by atoms with van der Waals surface area (Å²) >= 11 is 0. The molecule has 3 nitrogen and oxygen atoms in total. The Hall–Kier alpha value is -4.50. The largest absolute Gasteiger partial charge is 0.364 e. The molecule has 194 valence electrons. The lowest BCUT2D eigenvalue weighted by molar-refractivity contribution is -0.944. The van der Waals surface area contributed by atoms with E-state index < -0.39 is 5.66 Å². The second kappa shape index (κ2) is 8.25. The van der Waals surface area contributed by atoms with Crippen LogP contribution in [0.2, 0.25) is 0 Å². The summed E-state index contributed by atoms with van der Waals surface area (Å²) in [4.78, 5) is 0. The zero-order chi connectivity index (χ0) is 27.2. The third-order valence-corrected chi connectivity index (χ3v) is 9.01. The molecule has 6 aromatic rings. The van der Waals surface area contributed by atoms with Crippen LogP contribution < -0.4 is 9.13 Å². The maximum absolute atomic E-state index is 2.63. The Kier molecular flexibility index (Phi) is 4.83. The van der Waals surface area contributed by atoms with Gasteiger partial charge in [-0.15, -0.1) is 9.13 Å². The molecule has 2 aliphatic heterocycles. The molecule has 3 heteroatoms. The lowest BCUT2D eigenvalue weighted by Crippen LogP contribution is -2.71. The van der Waals surface area contributed by atoms with Crippen molar-refractivity contribution >= 4 is 11.0 Å². The first kappa shape index (κ1) is 23.4. The van der Waals surface area contributed by atoms with Crippen LogP contribution in [-0.4, -0.2) is 4.57 Å². The average molecular weight is 520 g/mol. The fourth-order valence-corrected chi connectivity index (χ4v) is 7.43. The Labute approximate surface area is 235 Å². The predicted octanol–water partition coefficient (Wildman–Crippen LogP) is 7.71. The van der Waals surface area contributed by atoms with Crippen LogP contribution in [0.5, 0.6) is 0 Å². The Morgan fingerprint density at radius 3 is 1.93 bits per heavy atom. The van der Waals surface area contributed by atoms with Crippen LogP contribution in [0.25, 0.3) is 39.4 Å². The van der Waals surface area contributed by atoms with Gasteiger partial charge in [-0.05, 0) is 54.3 Å². The number of imidazole rings is 1. The minimum atomic E-state index is -0.519. The standard InChI is InChI=1S/C37H33N3/c1-24(2)26-16-13-17-27(25(3)4)35(26)39-33-21-9-10-22-34(33)40-36(39)29-15-6-8-19-31(29)37(40)30-18-7-5-14-28(30)32-20-11-12-23-38(32)37/h5-25H,1-4H3/q+2. The molecule has 0 aliphatic carbocycles. The maximum Gasteiger partial charge on any atom is 0.364 e. The summed E-state index contributed by atoms with van der Waals surface area (Å²) in [6.07, 6.45) is 2.27. The molecule has 0 amide bonds. The van der Waals surface area contributed by atoms with Gasteiger partial charge in [0.25, 0.3) is 0 Å². The Morgan fingerprint density at radius 1 is 0.600 bits per heavy atom. The summed E-state index contributed by atoms with van der Waals surface area (Å²) in [7, 11) is 0. The molecule has 0 radical (unpaired) electrons. The Bertz CT molecular complexity index is 1900. The lowest BCUT2D eigenvalue weighted by atomic mass is 9.89. The van der Waals surface area contributed by atoms with Crippen LogP contribution in [0.15, 0.2) is 115 Å². The van der Waals surface area contributed by atoms with E-state index >= 15 is 0 Å². The van der Waals surface area contributed by atoms with Gasteiger partial charge in [0.2, 0.25) is 5.69 Å². The van der Waals surface area contributed by atoms with Crippen molar-refractivity contribution in [2.45, 2.75) is 45.2 Å². The fourth-order valence-electron chi connectivity index (χ4n) is 7.43. The lowest BCUT2D eigenvalue weighted by Gasteiger charge is -2.20. The summed E-state index contributed by atoms with van der Waals surface area (Å²) in [6.45, 7) is 9.26. The summed E-state index contributed by atoms with van der Waals surface area (Å²) in [5.74, 6) is 2.03. The summed E-state index contributed by atoms with van der Waals surface area (Å²) in [6, 6.07) is 40.5. The Morgan fingerprint density at radius 2 is 1.20 bits per heavy atom. The first-order valence-electron chi connectivity index (χ1n) is 14.4. The number of pyridine rings is 1.